The van der Waals surface area contributed by atoms with Crippen molar-refractivity contribution in [3.8, 4) is 0 Å². The van der Waals surface area contributed by atoms with Gasteiger partial charge in [0.1, 0.15) is 0 Å². The number of anilines is 1. The van der Waals surface area contributed by atoms with E-state index >= 15 is 0 Å². The number of hydrogen-bond acceptors (Lipinski definition) is 4. The van der Waals surface area contributed by atoms with E-state index in [1.165, 1.54) is 4.57 Å². The number of para-hydroxylation sites is 1. The van der Waals surface area contributed by atoms with Gasteiger partial charge in [-0.25, -0.2) is 13.2 Å². The number of hydrogen-bond donors (Lipinski definition) is 3. The Morgan fingerprint density at radius 1 is 1.03 bits per heavy atom. The summed E-state index contributed by atoms with van der Waals surface area (Å²) in [5.41, 5.74) is 0.562. The number of carbonyl (C=O) groups is 2. The van der Waals surface area contributed by atoms with Crippen molar-refractivity contribution in [1.29, 1.82) is 0 Å². The van der Waals surface area contributed by atoms with Crippen LogP contribution in [0.3, 0.4) is 0 Å². The Kier molecular flexibility index (Phi) is 5.74. The normalized spacial score (nSPS) is 11.5. The number of nitrogens with one attached hydrogen (secondary N) is 1. The number of fused-ring (bicyclic) bond motifs is 1. The molecule has 3 N–H and O–H groups in total. The first-order valence-corrected chi connectivity index (χ1v) is 10.5. The maximum atomic E-state index is 12.2. The maximum Gasteiger partial charge on any atom is 0.354 e. The summed E-state index contributed by atoms with van der Waals surface area (Å²) < 4.78 is 27.8. The molecule has 0 spiro atoms. The minimum absolute atomic E-state index is 0.0691. The van der Waals surface area contributed by atoms with Crippen LogP contribution in [0.4, 0.5) is 5.69 Å². The molecule has 0 amide bonds. The zero-order valence-corrected chi connectivity index (χ0v) is 16.9. The molecule has 0 unspecified atom stereocenters. The molecular weight excluding hydrogens is 443 g/mol. The maximum absolute atomic E-state index is 12.2. The molecule has 3 aromatic rings. The quantitative estimate of drug-likeness (QED) is 0.499. The first kappa shape index (κ1) is 21.0. The van der Waals surface area contributed by atoms with Crippen LogP contribution >= 0.6 is 23.2 Å². The third kappa shape index (κ3) is 4.47. The molecule has 0 aliphatic rings. The van der Waals surface area contributed by atoms with Gasteiger partial charge in [-0.05, 0) is 23.8 Å². The number of aromatic carboxylic acids is 1. The Bertz CT molecular complexity index is 1240. The van der Waals surface area contributed by atoms with Crippen LogP contribution < -0.4 is 4.72 Å². The number of sulfonamides is 1. The van der Waals surface area contributed by atoms with Crippen molar-refractivity contribution >= 4 is 61.8 Å². The van der Waals surface area contributed by atoms with Crippen molar-refractivity contribution in [2.75, 3.05) is 10.5 Å². The standard InChI is InChI=1S/C18H14Cl2N2O6S/c19-12-6-5-10(7-13(12)20)8-22-14-4-2-1-3-11(14)16(17(22)18(25)26)21-29(27,28)9-15(23)24/h1-7,21H,8-9H2,(H,23,24)(H,25,26). The fourth-order valence-electron chi connectivity index (χ4n) is 2.97. The number of aromatic nitrogens is 1. The molecule has 29 heavy (non-hydrogen) atoms. The van der Waals surface area contributed by atoms with Gasteiger partial charge in [-0.3, -0.25) is 9.52 Å². The van der Waals surface area contributed by atoms with E-state index in [0.717, 1.165) is 0 Å². The lowest BCUT2D eigenvalue weighted by Gasteiger charge is -2.11. The van der Waals surface area contributed by atoms with Crippen LogP contribution in [0.25, 0.3) is 10.9 Å². The molecule has 0 saturated carbocycles. The summed E-state index contributed by atoms with van der Waals surface area (Å²) in [7, 11) is -4.32. The highest BCUT2D eigenvalue weighted by molar-refractivity contribution is 7.93. The fourth-order valence-corrected chi connectivity index (χ4v) is 4.20. The third-order valence-electron chi connectivity index (χ3n) is 4.07. The summed E-state index contributed by atoms with van der Waals surface area (Å²) in [6.45, 7) is 0.0691. The molecule has 8 nitrogen and oxygen atoms in total. The van der Waals surface area contributed by atoms with Gasteiger partial charge in [0.2, 0.25) is 10.0 Å². The van der Waals surface area contributed by atoms with Crippen LogP contribution in [0.5, 0.6) is 0 Å². The topological polar surface area (TPSA) is 126 Å². The third-order valence-corrected chi connectivity index (χ3v) is 5.95. The highest BCUT2D eigenvalue weighted by atomic mass is 35.5. The van der Waals surface area contributed by atoms with Crippen molar-refractivity contribution in [3.05, 3.63) is 63.8 Å². The van der Waals surface area contributed by atoms with E-state index in [1.54, 1.807) is 42.5 Å². The Morgan fingerprint density at radius 3 is 2.34 bits per heavy atom. The van der Waals surface area contributed by atoms with Crippen LogP contribution in [0.15, 0.2) is 42.5 Å². The van der Waals surface area contributed by atoms with Crippen molar-refractivity contribution in [1.82, 2.24) is 4.57 Å². The first-order valence-electron chi connectivity index (χ1n) is 8.10. The van der Waals surface area contributed by atoms with E-state index in [2.05, 4.69) is 4.72 Å². The lowest BCUT2D eigenvalue weighted by molar-refractivity contribution is -0.134. The number of nitrogens with zero attached hydrogens (tertiary/aromatic N) is 1. The number of rotatable bonds is 7. The lowest BCUT2D eigenvalue weighted by Crippen LogP contribution is -2.23. The summed E-state index contributed by atoms with van der Waals surface area (Å²) in [6, 6.07) is 11.3. The molecule has 1 aromatic heterocycles. The van der Waals surface area contributed by atoms with Crippen LogP contribution in [-0.4, -0.2) is 40.9 Å². The monoisotopic (exact) mass is 456 g/mol. The van der Waals surface area contributed by atoms with Gasteiger partial charge in [-0.2, -0.15) is 0 Å². The van der Waals surface area contributed by atoms with Gasteiger partial charge < -0.3 is 14.8 Å². The van der Waals surface area contributed by atoms with Crippen molar-refractivity contribution in [2.24, 2.45) is 0 Å². The molecule has 3 rings (SSSR count). The minimum atomic E-state index is -4.32. The molecule has 0 fully saturated rings. The second-order valence-electron chi connectivity index (χ2n) is 6.14. The number of halogens is 2. The molecule has 0 aliphatic heterocycles. The summed E-state index contributed by atoms with van der Waals surface area (Å²) in [6.07, 6.45) is 0. The van der Waals surface area contributed by atoms with Crippen LogP contribution in [0.2, 0.25) is 10.0 Å². The average Bonchev–Trinajstić information content (AvgIpc) is 2.90. The predicted molar refractivity (Wildman–Crippen MR) is 110 cm³/mol. The van der Waals surface area contributed by atoms with Crippen LogP contribution in [0, 0.1) is 0 Å². The summed E-state index contributed by atoms with van der Waals surface area (Å²) in [4.78, 5) is 22.8. The number of benzene rings is 2. The molecule has 0 aliphatic carbocycles. The van der Waals surface area contributed by atoms with E-state index in [0.29, 0.717) is 26.5 Å². The fraction of sp³-hybridized carbons (Fsp3) is 0.111. The van der Waals surface area contributed by atoms with E-state index in [9.17, 15) is 23.1 Å². The SMILES string of the molecule is O=C(O)CS(=O)(=O)Nc1c(C(=O)O)n(Cc2ccc(Cl)c(Cl)c2)c2ccccc12. The lowest BCUT2D eigenvalue weighted by atomic mass is 10.2. The second kappa shape index (κ2) is 7.94. The molecule has 0 bridgehead atoms. The summed E-state index contributed by atoms with van der Waals surface area (Å²) in [5.74, 6) is -4.14. The van der Waals surface area contributed by atoms with Gasteiger partial charge in [0.15, 0.2) is 11.4 Å². The van der Waals surface area contributed by atoms with Crippen molar-refractivity contribution < 1.29 is 28.2 Å². The highest BCUT2D eigenvalue weighted by Crippen LogP contribution is 2.33. The van der Waals surface area contributed by atoms with Crippen LogP contribution in [-0.2, 0) is 21.4 Å². The Labute approximate surface area is 175 Å². The Hall–Kier alpha value is -2.75. The largest absolute Gasteiger partial charge is 0.480 e. The summed E-state index contributed by atoms with van der Waals surface area (Å²) >= 11 is 12.0. The molecule has 0 radical (unpaired) electrons. The molecule has 0 saturated heterocycles. The Balaban J connectivity index is 2.19. The number of carboxylic acids is 2. The van der Waals surface area contributed by atoms with Crippen LogP contribution in [0.1, 0.15) is 16.1 Å². The van der Waals surface area contributed by atoms with Crippen molar-refractivity contribution in [2.45, 2.75) is 6.54 Å². The van der Waals surface area contributed by atoms with E-state index in [4.69, 9.17) is 28.3 Å². The number of aliphatic carboxylic acids is 1. The van der Waals surface area contributed by atoms with Gasteiger partial charge in [0.25, 0.3) is 0 Å². The molecule has 0 atom stereocenters. The zero-order valence-electron chi connectivity index (χ0n) is 14.6. The smallest absolute Gasteiger partial charge is 0.354 e. The number of carboxylic acid groups (broad SMARTS) is 2. The first-order chi connectivity index (χ1) is 13.6. The van der Waals surface area contributed by atoms with Gasteiger partial charge in [0, 0.05) is 11.9 Å². The predicted octanol–water partition coefficient (Wildman–Crippen LogP) is 3.52. The van der Waals surface area contributed by atoms with Gasteiger partial charge in [-0.15, -0.1) is 0 Å². The van der Waals surface area contributed by atoms with Gasteiger partial charge in [0.05, 0.1) is 21.2 Å². The molecular formula is C18H14Cl2N2O6S. The van der Waals surface area contributed by atoms with E-state index < -0.39 is 27.7 Å². The van der Waals surface area contributed by atoms with Crippen molar-refractivity contribution in [3.63, 3.8) is 0 Å². The minimum Gasteiger partial charge on any atom is -0.480 e. The molecule has 152 valence electrons. The second-order valence-corrected chi connectivity index (χ2v) is 8.67. The van der Waals surface area contributed by atoms with E-state index in [-0.39, 0.29) is 17.9 Å². The molecule has 11 heteroatoms. The zero-order chi connectivity index (χ0) is 21.3. The highest BCUT2D eigenvalue weighted by Gasteiger charge is 2.26. The Morgan fingerprint density at radius 2 is 1.72 bits per heavy atom. The molecule has 1 heterocycles. The van der Waals surface area contributed by atoms with Gasteiger partial charge in [-0.1, -0.05) is 47.5 Å². The average molecular weight is 457 g/mol. The van der Waals surface area contributed by atoms with E-state index in [1.807, 2.05) is 0 Å². The molecule has 2 aromatic carbocycles. The van der Waals surface area contributed by atoms with Gasteiger partial charge >= 0.3 is 11.9 Å². The summed E-state index contributed by atoms with van der Waals surface area (Å²) in [5, 5.41) is 19.5.